The van der Waals surface area contributed by atoms with Crippen LogP contribution in [0.1, 0.15) is 50.5 Å². The Hall–Kier alpha value is -2.24. The molecule has 1 aromatic rings. The zero-order chi connectivity index (χ0) is 19.3. The molecule has 4 rings (SSSR count). The average molecular weight is 385 g/mol. The monoisotopic (exact) mass is 384 g/mol. The quantitative estimate of drug-likeness (QED) is 0.839. The van der Waals surface area contributed by atoms with E-state index in [4.69, 9.17) is 0 Å². The molecule has 2 N–H and O–H groups in total. The number of amides is 3. The minimum absolute atomic E-state index is 0.0701. The van der Waals surface area contributed by atoms with Crippen LogP contribution in [0.15, 0.2) is 24.3 Å². The predicted molar refractivity (Wildman–Crippen MR) is 110 cm³/mol. The molecule has 6 nitrogen and oxygen atoms in total. The minimum atomic E-state index is 0.0701. The van der Waals surface area contributed by atoms with Crippen molar-refractivity contribution in [1.82, 2.24) is 15.5 Å². The zero-order valence-electron chi connectivity index (χ0n) is 16.7. The van der Waals surface area contributed by atoms with Gasteiger partial charge in [-0.25, -0.2) is 4.79 Å². The Morgan fingerprint density at radius 2 is 1.82 bits per heavy atom. The smallest absolute Gasteiger partial charge is 0.317 e. The molecule has 1 atom stereocenters. The van der Waals surface area contributed by atoms with E-state index in [2.05, 4.69) is 20.4 Å². The van der Waals surface area contributed by atoms with Gasteiger partial charge in [0.15, 0.2) is 0 Å². The number of nitrogens with zero attached hydrogens (tertiary/aromatic N) is 2. The molecule has 1 unspecified atom stereocenters. The maximum Gasteiger partial charge on any atom is 0.317 e. The highest BCUT2D eigenvalue weighted by Gasteiger charge is 2.35. The van der Waals surface area contributed by atoms with Crippen molar-refractivity contribution in [2.24, 2.45) is 5.92 Å². The molecule has 0 bridgehead atoms. The van der Waals surface area contributed by atoms with E-state index in [1.165, 1.54) is 32.1 Å². The van der Waals surface area contributed by atoms with Gasteiger partial charge in [0.1, 0.15) is 0 Å². The first-order valence-corrected chi connectivity index (χ1v) is 10.9. The molecular formula is C22H32N4O2. The standard InChI is InChI=1S/C22H32N4O2/c27-21-16-25(14-12-23-21)19-10-8-17(9-11-19)15-24-22(28)26-13-4-7-20(26)18-5-2-1-3-6-18/h8-11,18,20H,1-7,12-16H2,(H,23,27)(H,24,28). The number of hydrogen-bond acceptors (Lipinski definition) is 3. The maximum atomic E-state index is 12.8. The third-order valence-corrected chi connectivity index (χ3v) is 6.54. The summed E-state index contributed by atoms with van der Waals surface area (Å²) < 4.78 is 0. The number of piperazine rings is 1. The van der Waals surface area contributed by atoms with E-state index in [0.29, 0.717) is 31.6 Å². The van der Waals surface area contributed by atoms with Crippen LogP contribution in [0.3, 0.4) is 0 Å². The first-order chi connectivity index (χ1) is 13.7. The summed E-state index contributed by atoms with van der Waals surface area (Å²) in [5.41, 5.74) is 2.15. The van der Waals surface area contributed by atoms with E-state index in [-0.39, 0.29) is 11.9 Å². The van der Waals surface area contributed by atoms with Gasteiger partial charge in [0, 0.05) is 37.9 Å². The van der Waals surface area contributed by atoms with Gasteiger partial charge in [0.2, 0.25) is 5.91 Å². The summed E-state index contributed by atoms with van der Waals surface area (Å²) in [7, 11) is 0. The Bertz CT molecular complexity index is 684. The Morgan fingerprint density at radius 1 is 1.04 bits per heavy atom. The first-order valence-electron chi connectivity index (χ1n) is 10.9. The van der Waals surface area contributed by atoms with Crippen molar-refractivity contribution in [2.75, 3.05) is 31.1 Å². The van der Waals surface area contributed by atoms with Gasteiger partial charge in [-0.05, 0) is 49.3 Å². The Morgan fingerprint density at radius 3 is 2.57 bits per heavy atom. The van der Waals surface area contributed by atoms with Crippen molar-refractivity contribution in [3.63, 3.8) is 0 Å². The number of urea groups is 1. The molecular weight excluding hydrogens is 352 g/mol. The van der Waals surface area contributed by atoms with E-state index in [9.17, 15) is 9.59 Å². The fourth-order valence-corrected chi connectivity index (χ4v) is 5.02. The lowest BCUT2D eigenvalue weighted by Crippen LogP contribution is -2.47. The molecule has 6 heteroatoms. The molecule has 3 fully saturated rings. The van der Waals surface area contributed by atoms with Gasteiger partial charge in [0.05, 0.1) is 6.54 Å². The number of likely N-dealkylation sites (tertiary alicyclic amines) is 1. The molecule has 3 amide bonds. The second-order valence-electron chi connectivity index (χ2n) is 8.40. The summed E-state index contributed by atoms with van der Waals surface area (Å²) in [6.45, 7) is 3.37. The van der Waals surface area contributed by atoms with Crippen LogP contribution in [0.2, 0.25) is 0 Å². The van der Waals surface area contributed by atoms with E-state index < -0.39 is 0 Å². The van der Waals surface area contributed by atoms with Crippen LogP contribution in [-0.4, -0.2) is 49.1 Å². The van der Waals surface area contributed by atoms with E-state index >= 15 is 0 Å². The Kier molecular flexibility index (Phi) is 6.03. The molecule has 28 heavy (non-hydrogen) atoms. The molecule has 0 spiro atoms. The zero-order valence-corrected chi connectivity index (χ0v) is 16.7. The van der Waals surface area contributed by atoms with Gasteiger partial charge in [-0.2, -0.15) is 0 Å². The largest absolute Gasteiger partial charge is 0.360 e. The van der Waals surface area contributed by atoms with Gasteiger partial charge in [-0.1, -0.05) is 31.4 Å². The average Bonchev–Trinajstić information content (AvgIpc) is 3.23. The SMILES string of the molecule is O=C1CN(c2ccc(CNC(=O)N3CCCC3C3CCCCC3)cc2)CCN1. The van der Waals surface area contributed by atoms with Crippen molar-refractivity contribution in [3.05, 3.63) is 29.8 Å². The van der Waals surface area contributed by atoms with E-state index in [0.717, 1.165) is 37.2 Å². The number of carbonyl (C=O) groups excluding carboxylic acids is 2. The van der Waals surface area contributed by atoms with Crippen molar-refractivity contribution in [2.45, 2.75) is 57.5 Å². The molecule has 2 heterocycles. The highest BCUT2D eigenvalue weighted by molar-refractivity contribution is 5.82. The molecule has 1 saturated carbocycles. The van der Waals surface area contributed by atoms with Crippen LogP contribution in [0, 0.1) is 5.92 Å². The lowest BCUT2D eigenvalue weighted by molar-refractivity contribution is -0.120. The molecule has 3 aliphatic rings. The second kappa shape index (κ2) is 8.84. The predicted octanol–water partition coefficient (Wildman–Crippen LogP) is 2.88. The number of rotatable bonds is 4. The Balaban J connectivity index is 1.30. The van der Waals surface area contributed by atoms with Gasteiger partial charge < -0.3 is 20.4 Å². The fraction of sp³-hybridized carbons (Fsp3) is 0.636. The first kappa shape index (κ1) is 19.1. The number of benzene rings is 1. The Labute approximate surface area is 167 Å². The summed E-state index contributed by atoms with van der Waals surface area (Å²) in [6, 6.07) is 8.70. The van der Waals surface area contributed by atoms with Crippen molar-refractivity contribution in [3.8, 4) is 0 Å². The molecule has 2 saturated heterocycles. The van der Waals surface area contributed by atoms with Gasteiger partial charge in [-0.3, -0.25) is 4.79 Å². The molecule has 0 radical (unpaired) electrons. The lowest BCUT2D eigenvalue weighted by atomic mass is 9.83. The van der Waals surface area contributed by atoms with Crippen molar-refractivity contribution >= 4 is 17.6 Å². The van der Waals surface area contributed by atoms with E-state index in [1.54, 1.807) is 0 Å². The maximum absolute atomic E-state index is 12.8. The van der Waals surface area contributed by atoms with Crippen LogP contribution in [-0.2, 0) is 11.3 Å². The van der Waals surface area contributed by atoms with Crippen LogP contribution in [0.4, 0.5) is 10.5 Å². The van der Waals surface area contributed by atoms with Crippen LogP contribution < -0.4 is 15.5 Å². The molecule has 2 aliphatic heterocycles. The number of hydrogen-bond donors (Lipinski definition) is 2. The fourth-order valence-electron chi connectivity index (χ4n) is 5.02. The summed E-state index contributed by atoms with van der Waals surface area (Å²) in [5, 5.41) is 5.97. The molecule has 152 valence electrons. The number of anilines is 1. The van der Waals surface area contributed by atoms with Crippen LogP contribution >= 0.6 is 0 Å². The van der Waals surface area contributed by atoms with Crippen molar-refractivity contribution in [1.29, 1.82) is 0 Å². The van der Waals surface area contributed by atoms with Crippen LogP contribution in [0.25, 0.3) is 0 Å². The second-order valence-corrected chi connectivity index (χ2v) is 8.40. The third kappa shape index (κ3) is 4.42. The summed E-state index contributed by atoms with van der Waals surface area (Å²) in [5.74, 6) is 0.767. The third-order valence-electron chi connectivity index (χ3n) is 6.54. The topological polar surface area (TPSA) is 64.7 Å². The molecule has 1 aliphatic carbocycles. The highest BCUT2D eigenvalue weighted by Crippen LogP contribution is 2.34. The summed E-state index contributed by atoms with van der Waals surface area (Å²) >= 11 is 0. The van der Waals surface area contributed by atoms with Gasteiger partial charge >= 0.3 is 6.03 Å². The summed E-state index contributed by atoms with van der Waals surface area (Å²) in [6.07, 6.45) is 8.86. The number of carbonyl (C=O) groups is 2. The number of nitrogens with one attached hydrogen (secondary N) is 2. The minimum Gasteiger partial charge on any atom is -0.360 e. The summed E-state index contributed by atoms with van der Waals surface area (Å²) in [4.78, 5) is 28.5. The lowest BCUT2D eigenvalue weighted by Gasteiger charge is -2.34. The van der Waals surface area contributed by atoms with Crippen molar-refractivity contribution < 1.29 is 9.59 Å². The molecule has 0 aromatic heterocycles. The van der Waals surface area contributed by atoms with Crippen LogP contribution in [0.5, 0.6) is 0 Å². The highest BCUT2D eigenvalue weighted by atomic mass is 16.2. The molecule has 1 aromatic carbocycles. The van der Waals surface area contributed by atoms with Gasteiger partial charge in [-0.15, -0.1) is 0 Å². The van der Waals surface area contributed by atoms with E-state index in [1.807, 2.05) is 24.3 Å². The normalized spacial score (nSPS) is 23.6. The van der Waals surface area contributed by atoms with Gasteiger partial charge in [0.25, 0.3) is 0 Å².